The average molecular weight is 939 g/mol. The number of benzene rings is 8. The van der Waals surface area contributed by atoms with Gasteiger partial charge in [0.2, 0.25) is 0 Å². The van der Waals surface area contributed by atoms with Gasteiger partial charge in [-0.25, -0.2) is 0 Å². The van der Waals surface area contributed by atoms with E-state index in [0.717, 1.165) is 22.3 Å². The minimum Gasteiger partial charge on any atom is -0.507 e. The van der Waals surface area contributed by atoms with Crippen LogP contribution in [0.25, 0.3) is 0 Å². The number of phenolic OH excluding ortho intramolecular Hbond substituents is 4. The van der Waals surface area contributed by atoms with E-state index in [1.807, 2.05) is 121 Å². The highest BCUT2D eigenvalue weighted by Gasteiger charge is 2.46. The Balaban J connectivity index is 1.12. The van der Waals surface area contributed by atoms with Gasteiger partial charge in [-0.1, -0.05) is 133 Å². The number of phenols is 4. The molecule has 354 valence electrons. The van der Waals surface area contributed by atoms with Crippen molar-refractivity contribution in [2.75, 3.05) is 0 Å². The largest absolute Gasteiger partial charge is 0.507 e. The van der Waals surface area contributed by atoms with Gasteiger partial charge in [0.05, 0.1) is 12.0 Å². The first kappa shape index (κ1) is 45.5. The smallest absolute Gasteiger partial charge is 0.162 e. The van der Waals surface area contributed by atoms with Gasteiger partial charge in [-0.3, -0.25) is 0 Å². The van der Waals surface area contributed by atoms with E-state index in [9.17, 15) is 30.6 Å². The highest BCUT2D eigenvalue weighted by atomic mass is 16.5. The molecule has 8 aromatic carbocycles. The number of aliphatic hydroxyl groups excluding tert-OH is 2. The second-order valence-electron chi connectivity index (χ2n) is 17.3. The zero-order valence-electron chi connectivity index (χ0n) is 37.8. The molecule has 12 heteroatoms. The Labute approximate surface area is 404 Å². The van der Waals surface area contributed by atoms with Crippen LogP contribution in [-0.2, 0) is 32.8 Å². The average Bonchev–Trinajstić information content (AvgIpc) is 3.38. The van der Waals surface area contributed by atoms with Crippen molar-refractivity contribution in [3.8, 4) is 57.5 Å². The zero-order chi connectivity index (χ0) is 48.1. The molecule has 0 amide bonds. The van der Waals surface area contributed by atoms with Gasteiger partial charge in [0.1, 0.15) is 73.1 Å². The number of fused-ring (bicyclic) bond motifs is 2. The molecule has 0 spiro atoms. The Bertz CT molecular complexity index is 3080. The molecule has 2 heterocycles. The normalized spacial score (nSPS) is 18.1. The van der Waals surface area contributed by atoms with Gasteiger partial charge in [-0.05, 0) is 57.6 Å². The topological polar surface area (TPSA) is 177 Å². The van der Waals surface area contributed by atoms with E-state index in [2.05, 4.69) is 0 Å². The molecule has 0 aromatic heterocycles. The lowest BCUT2D eigenvalue weighted by molar-refractivity contribution is 0.000830. The van der Waals surface area contributed by atoms with Crippen LogP contribution in [0.4, 0.5) is 0 Å². The van der Waals surface area contributed by atoms with E-state index in [0.29, 0.717) is 33.9 Å². The van der Waals surface area contributed by atoms with Gasteiger partial charge in [0.25, 0.3) is 0 Å². The predicted octanol–water partition coefficient (Wildman–Crippen LogP) is 10.5. The van der Waals surface area contributed by atoms with Gasteiger partial charge in [-0.2, -0.15) is 0 Å². The van der Waals surface area contributed by atoms with E-state index in [4.69, 9.17) is 28.4 Å². The summed E-state index contributed by atoms with van der Waals surface area (Å²) >= 11 is 0. The fourth-order valence-electron chi connectivity index (χ4n) is 9.05. The molecule has 6 N–H and O–H groups in total. The molecule has 5 atom stereocenters. The molecule has 12 nitrogen and oxygen atoms in total. The van der Waals surface area contributed by atoms with E-state index in [1.165, 1.54) is 24.3 Å². The molecule has 0 fully saturated rings. The highest BCUT2D eigenvalue weighted by molar-refractivity contribution is 5.66. The third kappa shape index (κ3) is 9.68. The quantitative estimate of drug-likeness (QED) is 0.0537. The summed E-state index contributed by atoms with van der Waals surface area (Å²) in [7, 11) is 0. The Morgan fingerprint density at radius 2 is 0.957 bits per heavy atom. The lowest BCUT2D eigenvalue weighted by atomic mass is 9.77. The van der Waals surface area contributed by atoms with Crippen molar-refractivity contribution in [3.05, 3.63) is 226 Å². The van der Waals surface area contributed by atoms with Gasteiger partial charge in [0.15, 0.2) is 29.1 Å². The first-order chi connectivity index (χ1) is 34.2. The SMILES string of the molecule is Oc1ccc([C@H]2Oc3c(c(O)cc(O)c3[C@H]3c4c(OCc5ccccc5)cc(OCc5ccccc5)cc4O[C@H](c4ccc(OCc5ccccc5)c(OCc5ccccc5)c4)[C@@H]3O)C[C@H]2O)cc1O. The lowest BCUT2D eigenvalue weighted by Crippen LogP contribution is -2.37. The minimum atomic E-state index is -1.49. The Morgan fingerprint density at radius 1 is 0.429 bits per heavy atom. The van der Waals surface area contributed by atoms with Crippen molar-refractivity contribution >= 4 is 0 Å². The molecule has 0 saturated carbocycles. The maximum Gasteiger partial charge on any atom is 0.162 e. The van der Waals surface area contributed by atoms with Crippen molar-refractivity contribution in [1.29, 1.82) is 0 Å². The molecule has 8 aromatic rings. The molecule has 0 saturated heterocycles. The summed E-state index contributed by atoms with van der Waals surface area (Å²) in [5.74, 6) is -0.923. The first-order valence-corrected chi connectivity index (χ1v) is 22.9. The predicted molar refractivity (Wildman–Crippen MR) is 260 cm³/mol. The van der Waals surface area contributed by atoms with Crippen molar-refractivity contribution < 1.29 is 59.1 Å². The van der Waals surface area contributed by atoms with Crippen LogP contribution in [0, 0.1) is 0 Å². The van der Waals surface area contributed by atoms with Gasteiger partial charge in [0, 0.05) is 41.3 Å². The molecular formula is C58H50O12. The third-order valence-corrected chi connectivity index (χ3v) is 12.6. The summed E-state index contributed by atoms with van der Waals surface area (Å²) in [6.07, 6.45) is -5.14. The lowest BCUT2D eigenvalue weighted by Gasteiger charge is -2.40. The van der Waals surface area contributed by atoms with Crippen LogP contribution in [0.3, 0.4) is 0 Å². The minimum absolute atomic E-state index is 0.00553. The summed E-state index contributed by atoms with van der Waals surface area (Å²) in [4.78, 5) is 0. The Morgan fingerprint density at radius 3 is 1.54 bits per heavy atom. The van der Waals surface area contributed by atoms with Gasteiger partial charge >= 0.3 is 0 Å². The van der Waals surface area contributed by atoms with Gasteiger partial charge < -0.3 is 59.1 Å². The van der Waals surface area contributed by atoms with Crippen LogP contribution >= 0.6 is 0 Å². The number of ether oxygens (including phenoxy) is 6. The molecule has 2 aliphatic rings. The Hall–Kier alpha value is -8.32. The van der Waals surface area contributed by atoms with E-state index in [-0.39, 0.29) is 72.7 Å². The molecule has 0 unspecified atom stereocenters. The van der Waals surface area contributed by atoms with Crippen LogP contribution in [0.5, 0.6) is 57.5 Å². The summed E-state index contributed by atoms with van der Waals surface area (Å²) in [6.45, 7) is 0.813. The van der Waals surface area contributed by atoms with E-state index >= 15 is 0 Å². The number of hydrogen-bond donors (Lipinski definition) is 6. The third-order valence-electron chi connectivity index (χ3n) is 12.6. The van der Waals surface area contributed by atoms with Crippen molar-refractivity contribution in [2.24, 2.45) is 0 Å². The van der Waals surface area contributed by atoms with E-state index in [1.54, 1.807) is 30.3 Å². The molecule has 70 heavy (non-hydrogen) atoms. The second kappa shape index (κ2) is 20.1. The van der Waals surface area contributed by atoms with Crippen LogP contribution in [0.15, 0.2) is 176 Å². The van der Waals surface area contributed by atoms with Crippen molar-refractivity contribution in [3.63, 3.8) is 0 Å². The molecule has 10 rings (SSSR count). The number of rotatable bonds is 15. The molecule has 0 aliphatic carbocycles. The van der Waals surface area contributed by atoms with E-state index < -0.39 is 41.8 Å². The molecule has 2 aliphatic heterocycles. The molecular weight excluding hydrogens is 889 g/mol. The standard InChI is InChI=1S/C58H50O12/c59-43-23-21-39(25-45(43)61)56-47(63)29-42-44(60)30-46(62)52(58(42)70-56)54-53-50(68-34-38-19-11-4-12-20-38)27-41(65-31-35-13-5-1-6-14-35)28-51(53)69-57(55(54)64)40-22-24-48(66-32-36-15-7-2-8-16-36)49(26-40)67-33-37-17-9-3-10-18-37/h1-28,30,47,54-57,59-64H,29,31-34H2/t47-,54+,55-,56-,57-/m1/s1. The molecule has 0 radical (unpaired) electrons. The van der Waals surface area contributed by atoms with Crippen LogP contribution in [0.2, 0.25) is 0 Å². The summed E-state index contributed by atoms with van der Waals surface area (Å²) in [6, 6.07) is 52.7. The van der Waals surface area contributed by atoms with Crippen molar-refractivity contribution in [1.82, 2.24) is 0 Å². The number of aliphatic hydroxyl groups is 2. The van der Waals surface area contributed by atoms with Crippen LogP contribution in [0.1, 0.15) is 68.2 Å². The summed E-state index contributed by atoms with van der Waals surface area (Å²) < 4.78 is 39.5. The fraction of sp³-hybridized carbons (Fsp3) is 0.172. The second-order valence-corrected chi connectivity index (χ2v) is 17.3. The molecule has 0 bridgehead atoms. The monoisotopic (exact) mass is 938 g/mol. The van der Waals surface area contributed by atoms with Crippen LogP contribution in [-0.4, -0.2) is 42.8 Å². The van der Waals surface area contributed by atoms with Gasteiger partial charge in [-0.15, -0.1) is 0 Å². The number of hydrogen-bond acceptors (Lipinski definition) is 12. The van der Waals surface area contributed by atoms with Crippen molar-refractivity contribution in [2.45, 2.75) is 63.2 Å². The maximum atomic E-state index is 13.1. The zero-order valence-corrected chi connectivity index (χ0v) is 37.8. The number of aromatic hydroxyl groups is 4. The maximum absolute atomic E-state index is 13.1. The summed E-state index contributed by atoms with van der Waals surface area (Å²) in [5, 5.41) is 68.8. The Kier molecular flexibility index (Phi) is 13.1. The highest BCUT2D eigenvalue weighted by Crippen LogP contribution is 2.58. The van der Waals surface area contributed by atoms with Crippen LogP contribution < -0.4 is 28.4 Å². The first-order valence-electron chi connectivity index (χ1n) is 22.9. The fourth-order valence-corrected chi connectivity index (χ4v) is 9.05. The summed E-state index contributed by atoms with van der Waals surface area (Å²) in [5.41, 5.74) is 5.10.